The molecule has 7 heteroatoms. The van der Waals surface area contributed by atoms with E-state index in [1.54, 1.807) is 7.11 Å². The summed E-state index contributed by atoms with van der Waals surface area (Å²) in [6.45, 7) is 2.87. The largest absolute Gasteiger partial charge is 0.381 e. The Morgan fingerprint density at radius 1 is 1.39 bits per heavy atom. The summed E-state index contributed by atoms with van der Waals surface area (Å²) >= 11 is 1.86. The molecule has 2 rings (SSSR count). The van der Waals surface area contributed by atoms with E-state index >= 15 is 0 Å². The Kier molecular flexibility index (Phi) is 9.26. The second kappa shape index (κ2) is 10.4. The second-order valence-corrected chi connectivity index (χ2v) is 6.69. The molecule has 1 aromatic carbocycles. The predicted molar refractivity (Wildman–Crippen MR) is 109 cm³/mol. The van der Waals surface area contributed by atoms with E-state index in [1.165, 1.54) is 0 Å². The van der Waals surface area contributed by atoms with E-state index in [2.05, 4.69) is 16.6 Å². The van der Waals surface area contributed by atoms with Gasteiger partial charge in [-0.3, -0.25) is 4.99 Å². The monoisotopic (exact) mass is 451 g/mol. The van der Waals surface area contributed by atoms with Gasteiger partial charge in [0.2, 0.25) is 0 Å². The highest BCUT2D eigenvalue weighted by Gasteiger charge is 2.31. The summed E-state index contributed by atoms with van der Waals surface area (Å²) in [5.41, 5.74) is 8.06. The van der Waals surface area contributed by atoms with Crippen molar-refractivity contribution in [2.45, 2.75) is 24.2 Å². The number of guanidine groups is 1. The number of thioether (sulfide) groups is 1. The highest BCUT2D eigenvalue weighted by Crippen LogP contribution is 2.34. The molecular weight excluding hydrogens is 425 g/mol. The van der Waals surface area contributed by atoms with Crippen LogP contribution in [0.1, 0.15) is 18.4 Å². The number of hydrogen-bond acceptors (Lipinski definition) is 4. The first-order valence-corrected chi connectivity index (χ1v) is 8.68. The van der Waals surface area contributed by atoms with Gasteiger partial charge in [0.25, 0.3) is 0 Å². The minimum atomic E-state index is 0. The molecule has 0 saturated carbocycles. The summed E-state index contributed by atoms with van der Waals surface area (Å²) in [5, 5.41) is 3.18. The Bertz CT molecular complexity index is 508. The van der Waals surface area contributed by atoms with E-state index in [0.717, 1.165) is 37.3 Å². The van der Waals surface area contributed by atoms with Gasteiger partial charge in [-0.25, -0.2) is 0 Å². The number of para-hydroxylation sites is 1. The number of halogens is 1. The van der Waals surface area contributed by atoms with Crippen molar-refractivity contribution < 1.29 is 9.47 Å². The van der Waals surface area contributed by atoms with E-state index in [0.29, 0.717) is 19.1 Å². The number of anilines is 1. The van der Waals surface area contributed by atoms with Crippen molar-refractivity contribution in [1.82, 2.24) is 0 Å². The van der Waals surface area contributed by atoms with Gasteiger partial charge < -0.3 is 20.5 Å². The van der Waals surface area contributed by atoms with Crippen molar-refractivity contribution in [3.63, 3.8) is 0 Å². The van der Waals surface area contributed by atoms with Gasteiger partial charge in [-0.15, -0.1) is 24.0 Å². The maximum Gasteiger partial charge on any atom is 0.193 e. The van der Waals surface area contributed by atoms with Crippen LogP contribution in [0.3, 0.4) is 0 Å². The number of benzene rings is 1. The normalized spacial score (nSPS) is 17.4. The molecule has 1 fully saturated rings. The number of hydrogen-bond donors (Lipinski definition) is 2. The minimum absolute atomic E-state index is 0. The van der Waals surface area contributed by atoms with Gasteiger partial charge in [0, 0.05) is 36.3 Å². The lowest BCUT2D eigenvalue weighted by molar-refractivity contribution is 0.0794. The molecule has 0 aromatic heterocycles. The highest BCUT2D eigenvalue weighted by atomic mass is 127. The number of nitrogens with one attached hydrogen (secondary N) is 1. The standard InChI is InChI=1S/C16H25N3O2S.HI/c1-20-11-13-5-3-4-6-14(13)19-15(17)18-12-16(22-2)7-9-21-10-8-16;/h3-6H,7-12H2,1-2H3,(H3,17,18,19);1H. The molecule has 1 aliphatic heterocycles. The predicted octanol–water partition coefficient (Wildman–Crippen LogP) is 3.09. The maximum atomic E-state index is 6.06. The van der Waals surface area contributed by atoms with Crippen LogP contribution in [-0.2, 0) is 16.1 Å². The van der Waals surface area contributed by atoms with Gasteiger partial charge in [0.05, 0.1) is 13.2 Å². The van der Waals surface area contributed by atoms with E-state index in [4.69, 9.17) is 15.2 Å². The molecule has 3 N–H and O–H groups in total. The molecule has 0 spiro atoms. The topological polar surface area (TPSA) is 68.9 Å². The van der Waals surface area contributed by atoms with Crippen LogP contribution in [0.15, 0.2) is 29.3 Å². The van der Waals surface area contributed by atoms with Gasteiger partial charge in [-0.05, 0) is 25.2 Å². The average molecular weight is 451 g/mol. The van der Waals surface area contributed by atoms with Crippen molar-refractivity contribution in [3.8, 4) is 0 Å². The fourth-order valence-electron chi connectivity index (χ4n) is 2.50. The van der Waals surface area contributed by atoms with Crippen LogP contribution in [0.5, 0.6) is 0 Å². The summed E-state index contributed by atoms with van der Waals surface area (Å²) in [7, 11) is 1.68. The maximum absolute atomic E-state index is 6.06. The van der Waals surface area contributed by atoms with Crippen LogP contribution in [-0.4, -0.2) is 43.8 Å². The number of nitrogens with two attached hydrogens (primary N) is 1. The molecular formula is C16H26IN3O2S. The minimum Gasteiger partial charge on any atom is -0.381 e. The zero-order valence-electron chi connectivity index (χ0n) is 13.7. The fraction of sp³-hybridized carbons (Fsp3) is 0.562. The van der Waals surface area contributed by atoms with E-state index < -0.39 is 0 Å². The average Bonchev–Trinajstić information content (AvgIpc) is 2.56. The van der Waals surface area contributed by atoms with Crippen LogP contribution in [0.25, 0.3) is 0 Å². The summed E-state index contributed by atoms with van der Waals surface area (Å²) in [4.78, 5) is 4.55. The van der Waals surface area contributed by atoms with Gasteiger partial charge >= 0.3 is 0 Å². The van der Waals surface area contributed by atoms with E-state index in [-0.39, 0.29) is 28.7 Å². The Labute approximate surface area is 159 Å². The highest BCUT2D eigenvalue weighted by molar-refractivity contribution is 14.0. The fourth-order valence-corrected chi connectivity index (χ4v) is 3.27. The van der Waals surface area contributed by atoms with E-state index in [9.17, 15) is 0 Å². The molecule has 5 nitrogen and oxygen atoms in total. The molecule has 1 saturated heterocycles. The smallest absolute Gasteiger partial charge is 0.193 e. The third-order valence-electron chi connectivity index (χ3n) is 3.95. The molecule has 0 bridgehead atoms. The van der Waals surface area contributed by atoms with Crippen molar-refractivity contribution in [1.29, 1.82) is 0 Å². The number of methoxy groups -OCH3 is 1. The first-order chi connectivity index (χ1) is 10.7. The summed E-state index contributed by atoms with van der Waals surface area (Å²) < 4.78 is 10.8. The molecule has 1 aliphatic rings. The number of ether oxygens (including phenoxy) is 2. The van der Waals surface area contributed by atoms with Crippen LogP contribution < -0.4 is 11.1 Å². The second-order valence-electron chi connectivity index (χ2n) is 5.42. The van der Waals surface area contributed by atoms with Crippen molar-refractivity contribution in [2.75, 3.05) is 38.4 Å². The van der Waals surface area contributed by atoms with Gasteiger partial charge in [0.1, 0.15) is 0 Å². The Hall–Kier alpha value is -0.510. The number of rotatable bonds is 6. The molecule has 0 radical (unpaired) electrons. The Morgan fingerprint density at radius 3 is 2.74 bits per heavy atom. The lowest BCUT2D eigenvalue weighted by atomic mass is 9.99. The SMILES string of the molecule is COCc1ccccc1NC(N)=NCC1(SC)CCOCC1.I. The van der Waals surface area contributed by atoms with Crippen molar-refractivity contribution in [3.05, 3.63) is 29.8 Å². The number of aliphatic imine (C=N–C) groups is 1. The lowest BCUT2D eigenvalue weighted by Crippen LogP contribution is -2.37. The zero-order chi connectivity index (χ0) is 15.8. The Morgan fingerprint density at radius 2 is 2.09 bits per heavy atom. The molecule has 130 valence electrons. The zero-order valence-corrected chi connectivity index (χ0v) is 16.9. The first kappa shape index (κ1) is 20.5. The number of nitrogens with zero attached hydrogens (tertiary/aromatic N) is 1. The molecule has 0 atom stereocenters. The summed E-state index contributed by atoms with van der Waals surface area (Å²) in [5.74, 6) is 0.448. The van der Waals surface area contributed by atoms with Crippen molar-refractivity contribution in [2.24, 2.45) is 10.7 Å². The summed E-state index contributed by atoms with van der Waals surface area (Å²) in [6.07, 6.45) is 4.18. The van der Waals surface area contributed by atoms with Gasteiger partial charge in [0.15, 0.2) is 5.96 Å². The third kappa shape index (κ3) is 6.13. The summed E-state index contributed by atoms with van der Waals surface area (Å²) in [6, 6.07) is 7.95. The van der Waals surface area contributed by atoms with Crippen LogP contribution in [0.2, 0.25) is 0 Å². The lowest BCUT2D eigenvalue weighted by Gasteiger charge is -2.34. The molecule has 0 aliphatic carbocycles. The third-order valence-corrected chi connectivity index (χ3v) is 5.36. The molecule has 0 amide bonds. The molecule has 23 heavy (non-hydrogen) atoms. The molecule has 1 heterocycles. The molecule has 0 unspecified atom stereocenters. The van der Waals surface area contributed by atoms with E-state index in [1.807, 2.05) is 36.0 Å². The van der Waals surface area contributed by atoms with Crippen LogP contribution in [0, 0.1) is 0 Å². The van der Waals surface area contributed by atoms with Crippen LogP contribution >= 0.6 is 35.7 Å². The van der Waals surface area contributed by atoms with Crippen LogP contribution in [0.4, 0.5) is 5.69 Å². The molecule has 1 aromatic rings. The van der Waals surface area contributed by atoms with Gasteiger partial charge in [-0.1, -0.05) is 18.2 Å². The Balaban J connectivity index is 0.00000264. The quantitative estimate of drug-likeness (QED) is 0.395. The van der Waals surface area contributed by atoms with Gasteiger partial charge in [-0.2, -0.15) is 11.8 Å². The van der Waals surface area contributed by atoms with Crippen molar-refractivity contribution >= 4 is 47.4 Å². The first-order valence-electron chi connectivity index (χ1n) is 7.46.